The molecule has 0 unspecified atom stereocenters. The molecule has 0 heterocycles. The van der Waals surface area contributed by atoms with Gasteiger partial charge in [-0.3, -0.25) is 18.7 Å². The van der Waals surface area contributed by atoms with E-state index in [0.29, 0.717) is 22.1 Å². The second-order valence-corrected chi connectivity index (χ2v) is 14.2. The minimum atomic E-state index is -4.48. The molecule has 8 N–H and O–H groups in total. The Morgan fingerprint density at radius 2 is 0.808 bits per heavy atom. The van der Waals surface area contributed by atoms with Crippen LogP contribution in [0.4, 0.5) is 27.5 Å². The van der Waals surface area contributed by atoms with Crippen LogP contribution < -0.4 is 21.3 Å². The lowest BCUT2D eigenvalue weighted by Gasteiger charge is -2.11. The third-order valence-corrected chi connectivity index (χ3v) is 9.43. The Hall–Kier alpha value is -6.53. The van der Waals surface area contributed by atoms with Crippen molar-refractivity contribution in [2.75, 3.05) is 21.3 Å². The zero-order valence-corrected chi connectivity index (χ0v) is 28.0. The van der Waals surface area contributed by atoms with Gasteiger partial charge in [0.1, 0.15) is 11.5 Å². The monoisotopic (exact) mass is 742 g/mol. The highest BCUT2D eigenvalue weighted by atomic mass is 32.2. The van der Waals surface area contributed by atoms with Gasteiger partial charge in [0.15, 0.2) is 0 Å². The predicted molar refractivity (Wildman–Crippen MR) is 192 cm³/mol. The minimum Gasteiger partial charge on any atom is -0.507 e. The molecule has 0 radical (unpaired) electrons. The summed E-state index contributed by atoms with van der Waals surface area (Å²) in [5.74, 6) is -1.56. The van der Waals surface area contributed by atoms with Crippen molar-refractivity contribution in [3.8, 4) is 11.5 Å². The number of nitrogens with one attached hydrogen (secondary N) is 4. The first-order chi connectivity index (χ1) is 24.5. The van der Waals surface area contributed by atoms with Crippen LogP contribution in [0.15, 0.2) is 119 Å². The SMILES string of the molecule is O=C(Nc1ccc(C(=O)Nc2cc(O)c3ccc(S(=O)(=O)O)cc3c2)cc1)Nc1ccc(C(=O)Nc2cc(O)c3ccc(S(=O)(=O)O)cc3c2)cc1. The Morgan fingerprint density at radius 1 is 0.442 bits per heavy atom. The number of benzene rings is 6. The summed E-state index contributed by atoms with van der Waals surface area (Å²) in [7, 11) is -8.97. The predicted octanol–water partition coefficient (Wildman–Crippen LogP) is 6.05. The van der Waals surface area contributed by atoms with Crippen molar-refractivity contribution < 1.29 is 50.5 Å². The lowest BCUT2D eigenvalue weighted by atomic mass is 10.1. The molecule has 6 aromatic rings. The van der Waals surface area contributed by atoms with E-state index in [9.17, 15) is 50.5 Å². The molecule has 264 valence electrons. The largest absolute Gasteiger partial charge is 0.507 e. The summed E-state index contributed by atoms with van der Waals surface area (Å²) in [5, 5.41) is 32.3. The molecular weight excluding hydrogens is 717 g/mol. The summed E-state index contributed by atoms with van der Waals surface area (Å²) in [4.78, 5) is 37.6. The van der Waals surface area contributed by atoms with Crippen LogP contribution in [0, 0.1) is 0 Å². The number of rotatable bonds is 8. The van der Waals surface area contributed by atoms with Crippen molar-refractivity contribution in [1.82, 2.24) is 0 Å². The van der Waals surface area contributed by atoms with E-state index in [4.69, 9.17) is 0 Å². The standard InChI is InChI=1S/C35H26N4O11S2/c40-31-17-25(13-21-15-27(51(45,46)47)9-11-29(21)31)36-33(42)19-1-5-23(6-2-19)38-35(44)39-24-7-3-20(4-8-24)34(43)37-26-14-22-16-28(52(48,49)50)10-12-30(22)32(41)18-26/h1-18,40-41H,(H,36,42)(H,37,43)(H2,38,39,44)(H,45,46,47)(H,48,49,50). The second-order valence-electron chi connectivity index (χ2n) is 11.3. The van der Waals surface area contributed by atoms with E-state index < -0.39 is 38.1 Å². The fraction of sp³-hybridized carbons (Fsp3) is 0. The van der Waals surface area contributed by atoms with Crippen LogP contribution in [0.2, 0.25) is 0 Å². The van der Waals surface area contributed by atoms with E-state index in [0.717, 1.165) is 24.3 Å². The van der Waals surface area contributed by atoms with E-state index in [1.54, 1.807) is 0 Å². The summed E-state index contributed by atoms with van der Waals surface area (Å²) in [6, 6.07) is 23.8. The molecule has 0 bridgehead atoms. The Kier molecular flexibility index (Phi) is 9.26. The molecule has 0 saturated heterocycles. The third kappa shape index (κ3) is 7.92. The average molecular weight is 743 g/mol. The molecule has 0 saturated carbocycles. The number of amides is 4. The molecule has 17 heteroatoms. The van der Waals surface area contributed by atoms with Gasteiger partial charge < -0.3 is 31.5 Å². The minimum absolute atomic E-state index is 0.164. The molecule has 0 aliphatic rings. The molecule has 6 aromatic carbocycles. The van der Waals surface area contributed by atoms with Gasteiger partial charge in [0.25, 0.3) is 32.1 Å². The van der Waals surface area contributed by atoms with E-state index in [-0.39, 0.29) is 54.6 Å². The molecule has 4 amide bonds. The van der Waals surface area contributed by atoms with Gasteiger partial charge in [0.05, 0.1) is 9.79 Å². The van der Waals surface area contributed by atoms with Crippen molar-refractivity contribution in [2.24, 2.45) is 0 Å². The van der Waals surface area contributed by atoms with Gasteiger partial charge in [0, 0.05) is 56.8 Å². The fourth-order valence-electron chi connectivity index (χ4n) is 5.23. The normalized spacial score (nSPS) is 11.6. The van der Waals surface area contributed by atoms with Crippen LogP contribution in [0.5, 0.6) is 11.5 Å². The number of hydrogen-bond acceptors (Lipinski definition) is 9. The summed E-state index contributed by atoms with van der Waals surface area (Å²) < 4.78 is 64.7. The number of anilines is 4. The number of carbonyl (C=O) groups excluding carboxylic acids is 3. The lowest BCUT2D eigenvalue weighted by Crippen LogP contribution is -2.19. The number of phenols is 2. The number of urea groups is 1. The van der Waals surface area contributed by atoms with Crippen molar-refractivity contribution in [2.45, 2.75) is 9.79 Å². The summed E-state index contributed by atoms with van der Waals surface area (Å²) in [5.41, 5.74) is 1.41. The van der Waals surface area contributed by atoms with Crippen LogP contribution in [0.3, 0.4) is 0 Å². The van der Waals surface area contributed by atoms with Crippen molar-refractivity contribution in [3.63, 3.8) is 0 Å². The van der Waals surface area contributed by atoms with Crippen LogP contribution in [0.1, 0.15) is 20.7 Å². The molecule has 0 spiro atoms. The smallest absolute Gasteiger partial charge is 0.323 e. The first-order valence-corrected chi connectivity index (χ1v) is 17.8. The Bertz CT molecular complexity index is 2460. The fourth-order valence-corrected chi connectivity index (χ4v) is 6.26. The zero-order valence-electron chi connectivity index (χ0n) is 26.4. The molecule has 0 aliphatic carbocycles. The van der Waals surface area contributed by atoms with E-state index >= 15 is 0 Å². The summed E-state index contributed by atoms with van der Waals surface area (Å²) in [6.07, 6.45) is 0. The average Bonchev–Trinajstić information content (AvgIpc) is 3.07. The summed E-state index contributed by atoms with van der Waals surface area (Å²) in [6.45, 7) is 0. The van der Waals surface area contributed by atoms with Crippen molar-refractivity contribution in [1.29, 1.82) is 0 Å². The lowest BCUT2D eigenvalue weighted by molar-refractivity contribution is 0.101. The molecule has 6 rings (SSSR count). The topological polar surface area (TPSA) is 249 Å². The Morgan fingerprint density at radius 3 is 1.15 bits per heavy atom. The second kappa shape index (κ2) is 13.6. The quantitative estimate of drug-likeness (QED) is 0.0834. The van der Waals surface area contributed by atoms with Crippen LogP contribution in [0.25, 0.3) is 21.5 Å². The van der Waals surface area contributed by atoms with Gasteiger partial charge in [0.2, 0.25) is 0 Å². The highest BCUT2D eigenvalue weighted by molar-refractivity contribution is 7.86. The molecular formula is C35H26N4O11S2. The number of fused-ring (bicyclic) bond motifs is 2. The van der Waals surface area contributed by atoms with Crippen LogP contribution >= 0.6 is 0 Å². The van der Waals surface area contributed by atoms with Crippen LogP contribution in [-0.2, 0) is 20.2 Å². The first kappa shape index (κ1) is 35.3. The third-order valence-electron chi connectivity index (χ3n) is 7.73. The maximum absolute atomic E-state index is 12.9. The molecule has 0 aromatic heterocycles. The van der Waals surface area contributed by atoms with Crippen molar-refractivity contribution in [3.05, 3.63) is 120 Å². The highest BCUT2D eigenvalue weighted by Gasteiger charge is 2.16. The Balaban J connectivity index is 1.05. The maximum atomic E-state index is 12.9. The maximum Gasteiger partial charge on any atom is 0.323 e. The first-order valence-electron chi connectivity index (χ1n) is 14.9. The van der Waals surface area contributed by atoms with E-state index in [2.05, 4.69) is 21.3 Å². The van der Waals surface area contributed by atoms with Gasteiger partial charge in [-0.1, -0.05) is 0 Å². The number of phenolic OH excluding ortho intramolecular Hbond substituents is 2. The van der Waals surface area contributed by atoms with E-state index in [1.165, 1.54) is 84.9 Å². The van der Waals surface area contributed by atoms with Gasteiger partial charge >= 0.3 is 6.03 Å². The summed E-state index contributed by atoms with van der Waals surface area (Å²) >= 11 is 0. The zero-order chi connectivity index (χ0) is 37.4. The number of aromatic hydroxyl groups is 2. The molecule has 0 atom stereocenters. The number of carbonyl (C=O) groups is 3. The molecule has 15 nitrogen and oxygen atoms in total. The molecule has 52 heavy (non-hydrogen) atoms. The highest BCUT2D eigenvalue weighted by Crippen LogP contribution is 2.32. The van der Waals surface area contributed by atoms with Gasteiger partial charge in [-0.2, -0.15) is 16.8 Å². The van der Waals surface area contributed by atoms with Gasteiger partial charge in [-0.25, -0.2) is 4.79 Å². The van der Waals surface area contributed by atoms with Crippen molar-refractivity contribution >= 4 is 82.4 Å². The Labute approximate surface area is 295 Å². The molecule has 0 fully saturated rings. The molecule has 0 aliphatic heterocycles. The number of hydrogen-bond donors (Lipinski definition) is 8. The van der Waals surface area contributed by atoms with Gasteiger partial charge in [-0.05, 0) is 108 Å². The van der Waals surface area contributed by atoms with Gasteiger partial charge in [-0.15, -0.1) is 0 Å². The van der Waals surface area contributed by atoms with E-state index in [1.807, 2.05) is 0 Å². The van der Waals surface area contributed by atoms with Crippen LogP contribution in [-0.4, -0.2) is 54.0 Å².